The third kappa shape index (κ3) is 2.08. The standard InChI is InChI=1S/C9H15N7/c1-2-15(7-3-6-10)9-5-4-8-11-13-14-16(8)12-9/h4-5H,2-3,6-7,10H2,1H3. The van der Waals surface area contributed by atoms with Gasteiger partial charge in [0.25, 0.3) is 0 Å². The summed E-state index contributed by atoms with van der Waals surface area (Å²) in [6.45, 7) is 4.56. The van der Waals surface area contributed by atoms with E-state index in [0.29, 0.717) is 12.2 Å². The average Bonchev–Trinajstić information content (AvgIpc) is 2.77. The Labute approximate surface area is 93.2 Å². The van der Waals surface area contributed by atoms with E-state index in [4.69, 9.17) is 5.73 Å². The van der Waals surface area contributed by atoms with Gasteiger partial charge in [0, 0.05) is 13.1 Å². The van der Waals surface area contributed by atoms with Gasteiger partial charge >= 0.3 is 0 Å². The highest BCUT2D eigenvalue weighted by Crippen LogP contribution is 2.10. The average molecular weight is 221 g/mol. The smallest absolute Gasteiger partial charge is 0.200 e. The van der Waals surface area contributed by atoms with Crippen LogP contribution in [0.1, 0.15) is 13.3 Å². The van der Waals surface area contributed by atoms with Crippen LogP contribution in [-0.2, 0) is 0 Å². The predicted octanol–water partition coefficient (Wildman–Crippen LogP) is -0.306. The van der Waals surface area contributed by atoms with Crippen LogP contribution in [0.25, 0.3) is 5.65 Å². The molecule has 16 heavy (non-hydrogen) atoms. The molecule has 0 amide bonds. The van der Waals surface area contributed by atoms with E-state index < -0.39 is 0 Å². The minimum atomic E-state index is 0.652. The Morgan fingerprint density at radius 2 is 2.31 bits per heavy atom. The molecule has 0 aliphatic carbocycles. The van der Waals surface area contributed by atoms with Crippen molar-refractivity contribution in [3.8, 4) is 0 Å². The van der Waals surface area contributed by atoms with E-state index in [1.54, 1.807) is 0 Å². The summed E-state index contributed by atoms with van der Waals surface area (Å²) in [5.74, 6) is 0.871. The molecule has 86 valence electrons. The first-order valence-electron chi connectivity index (χ1n) is 5.35. The van der Waals surface area contributed by atoms with E-state index in [1.807, 2.05) is 12.1 Å². The molecule has 0 spiro atoms. The van der Waals surface area contributed by atoms with Crippen molar-refractivity contribution in [3.63, 3.8) is 0 Å². The fraction of sp³-hybridized carbons (Fsp3) is 0.556. The Morgan fingerprint density at radius 1 is 1.44 bits per heavy atom. The number of nitrogens with zero attached hydrogens (tertiary/aromatic N) is 6. The molecular formula is C9H15N7. The summed E-state index contributed by atoms with van der Waals surface area (Å²) in [7, 11) is 0. The molecule has 0 atom stereocenters. The topological polar surface area (TPSA) is 85.2 Å². The van der Waals surface area contributed by atoms with Crippen LogP contribution in [0, 0.1) is 0 Å². The number of rotatable bonds is 5. The van der Waals surface area contributed by atoms with Gasteiger partial charge in [0.1, 0.15) is 0 Å². The molecule has 2 aromatic rings. The van der Waals surface area contributed by atoms with Gasteiger partial charge in [-0.15, -0.1) is 14.8 Å². The van der Waals surface area contributed by atoms with E-state index in [-0.39, 0.29) is 0 Å². The summed E-state index contributed by atoms with van der Waals surface area (Å²) in [5.41, 5.74) is 6.15. The molecule has 2 N–H and O–H groups in total. The first kappa shape index (κ1) is 10.7. The Balaban J connectivity index is 2.22. The molecule has 2 aromatic heterocycles. The Hall–Kier alpha value is -1.76. The number of nitrogens with two attached hydrogens (primary N) is 1. The van der Waals surface area contributed by atoms with Crippen LogP contribution in [0.2, 0.25) is 0 Å². The highest BCUT2D eigenvalue weighted by Gasteiger charge is 2.07. The highest BCUT2D eigenvalue weighted by molar-refractivity contribution is 5.44. The van der Waals surface area contributed by atoms with Gasteiger partial charge in [-0.25, -0.2) is 0 Å². The zero-order chi connectivity index (χ0) is 11.4. The van der Waals surface area contributed by atoms with Gasteiger partial charge in [-0.05, 0) is 42.4 Å². The second-order valence-corrected chi connectivity index (χ2v) is 3.44. The number of fused-ring (bicyclic) bond motifs is 1. The van der Waals surface area contributed by atoms with Crippen molar-refractivity contribution in [1.29, 1.82) is 0 Å². The van der Waals surface area contributed by atoms with Crippen LogP contribution in [-0.4, -0.2) is 44.9 Å². The number of tetrazole rings is 1. The van der Waals surface area contributed by atoms with Crippen molar-refractivity contribution in [3.05, 3.63) is 12.1 Å². The first-order chi connectivity index (χ1) is 7.85. The van der Waals surface area contributed by atoms with Crippen molar-refractivity contribution in [2.45, 2.75) is 13.3 Å². The van der Waals surface area contributed by atoms with Gasteiger partial charge in [-0.1, -0.05) is 0 Å². The quantitative estimate of drug-likeness (QED) is 0.745. The molecule has 0 saturated heterocycles. The second kappa shape index (κ2) is 4.84. The van der Waals surface area contributed by atoms with Gasteiger partial charge < -0.3 is 10.6 Å². The van der Waals surface area contributed by atoms with E-state index in [1.165, 1.54) is 4.63 Å². The lowest BCUT2D eigenvalue weighted by atomic mass is 10.3. The molecule has 7 nitrogen and oxygen atoms in total. The summed E-state index contributed by atoms with van der Waals surface area (Å²) < 4.78 is 1.43. The second-order valence-electron chi connectivity index (χ2n) is 3.44. The van der Waals surface area contributed by atoms with Gasteiger partial charge in [0.05, 0.1) is 0 Å². The molecule has 2 rings (SSSR count). The van der Waals surface area contributed by atoms with Crippen LogP contribution in [0.3, 0.4) is 0 Å². The lowest BCUT2D eigenvalue weighted by molar-refractivity contribution is 0.694. The third-order valence-corrected chi connectivity index (χ3v) is 2.39. The Morgan fingerprint density at radius 3 is 3.06 bits per heavy atom. The van der Waals surface area contributed by atoms with Crippen molar-refractivity contribution in [2.75, 3.05) is 24.5 Å². The molecular weight excluding hydrogens is 206 g/mol. The van der Waals surface area contributed by atoms with Crippen LogP contribution < -0.4 is 10.6 Å². The van der Waals surface area contributed by atoms with Crippen LogP contribution in [0.4, 0.5) is 5.82 Å². The fourth-order valence-corrected chi connectivity index (χ4v) is 1.53. The van der Waals surface area contributed by atoms with Crippen molar-refractivity contribution in [1.82, 2.24) is 25.3 Å². The molecule has 0 fully saturated rings. The minimum absolute atomic E-state index is 0.652. The van der Waals surface area contributed by atoms with Gasteiger partial charge in [-0.3, -0.25) is 0 Å². The van der Waals surface area contributed by atoms with Crippen molar-refractivity contribution < 1.29 is 0 Å². The predicted molar refractivity (Wildman–Crippen MR) is 60.1 cm³/mol. The normalized spacial score (nSPS) is 10.9. The molecule has 0 bridgehead atoms. The van der Waals surface area contributed by atoms with Crippen molar-refractivity contribution in [2.24, 2.45) is 5.73 Å². The van der Waals surface area contributed by atoms with Crippen LogP contribution in [0.15, 0.2) is 12.1 Å². The maximum Gasteiger partial charge on any atom is 0.200 e. The monoisotopic (exact) mass is 221 g/mol. The van der Waals surface area contributed by atoms with Gasteiger partial charge in [0.2, 0.25) is 0 Å². The summed E-state index contributed by atoms with van der Waals surface area (Å²) in [4.78, 5) is 2.15. The first-order valence-corrected chi connectivity index (χ1v) is 5.35. The molecule has 0 aromatic carbocycles. The highest BCUT2D eigenvalue weighted by atomic mass is 15.6. The van der Waals surface area contributed by atoms with Crippen LogP contribution in [0.5, 0.6) is 0 Å². The van der Waals surface area contributed by atoms with E-state index in [2.05, 4.69) is 32.4 Å². The summed E-state index contributed by atoms with van der Waals surface area (Å²) in [6.07, 6.45) is 0.948. The molecule has 2 heterocycles. The third-order valence-electron chi connectivity index (χ3n) is 2.39. The number of hydrogen-bond donors (Lipinski definition) is 1. The number of aromatic nitrogens is 5. The largest absolute Gasteiger partial charge is 0.355 e. The molecule has 7 heteroatoms. The Kier molecular flexibility index (Phi) is 3.25. The maximum atomic E-state index is 5.50. The van der Waals surface area contributed by atoms with Crippen LogP contribution >= 0.6 is 0 Å². The maximum absolute atomic E-state index is 5.50. The zero-order valence-electron chi connectivity index (χ0n) is 9.24. The van der Waals surface area contributed by atoms with Crippen molar-refractivity contribution >= 4 is 11.5 Å². The fourth-order valence-electron chi connectivity index (χ4n) is 1.53. The minimum Gasteiger partial charge on any atom is -0.355 e. The van der Waals surface area contributed by atoms with Gasteiger partial charge in [-0.2, -0.15) is 0 Å². The molecule has 0 aliphatic rings. The zero-order valence-corrected chi connectivity index (χ0v) is 9.24. The molecule has 0 unspecified atom stereocenters. The lowest BCUT2D eigenvalue weighted by Gasteiger charge is -2.20. The summed E-state index contributed by atoms with van der Waals surface area (Å²) in [5, 5.41) is 15.5. The van der Waals surface area contributed by atoms with E-state index >= 15 is 0 Å². The molecule has 0 aliphatic heterocycles. The Bertz CT molecular complexity index is 452. The summed E-state index contributed by atoms with van der Waals surface area (Å²) in [6, 6.07) is 3.78. The lowest BCUT2D eigenvalue weighted by Crippen LogP contribution is -2.27. The van der Waals surface area contributed by atoms with E-state index in [0.717, 1.165) is 25.3 Å². The van der Waals surface area contributed by atoms with E-state index in [9.17, 15) is 0 Å². The SMILES string of the molecule is CCN(CCCN)c1ccc2nnnn2n1. The molecule has 0 radical (unpaired) electrons. The molecule has 0 saturated carbocycles. The number of hydrogen-bond acceptors (Lipinski definition) is 6. The summed E-state index contributed by atoms with van der Waals surface area (Å²) >= 11 is 0. The van der Waals surface area contributed by atoms with Gasteiger partial charge in [0.15, 0.2) is 11.5 Å². The number of anilines is 1.